The van der Waals surface area contributed by atoms with Crippen molar-refractivity contribution in [3.05, 3.63) is 0 Å². The molecule has 0 saturated heterocycles. The lowest BCUT2D eigenvalue weighted by atomic mass is 10.1. The number of carboxylic acids is 1. The number of rotatable bonds is 8. The third-order valence-corrected chi connectivity index (χ3v) is 2.41. The van der Waals surface area contributed by atoms with Crippen LogP contribution in [0.2, 0.25) is 0 Å². The Kier molecular flexibility index (Phi) is 7.39. The maximum Gasteiger partial charge on any atom is 0.320 e. The van der Waals surface area contributed by atoms with Crippen LogP contribution in [0.3, 0.4) is 0 Å². The maximum absolute atomic E-state index is 11.0. The molecule has 0 aromatic carbocycles. The first-order valence-electron chi connectivity index (χ1n) is 6.46. The van der Waals surface area contributed by atoms with Crippen LogP contribution in [-0.4, -0.2) is 35.2 Å². The second-order valence-electron chi connectivity index (χ2n) is 5.88. The summed E-state index contributed by atoms with van der Waals surface area (Å²) in [6.07, 6.45) is 2.64. The van der Waals surface area contributed by atoms with Crippen molar-refractivity contribution in [3.8, 4) is 0 Å². The van der Waals surface area contributed by atoms with Gasteiger partial charge in [0.15, 0.2) is 0 Å². The van der Waals surface area contributed by atoms with Gasteiger partial charge in [-0.3, -0.25) is 4.79 Å². The highest BCUT2D eigenvalue weighted by Crippen LogP contribution is 2.04. The Morgan fingerprint density at radius 3 is 2.24 bits per heavy atom. The third kappa shape index (κ3) is 10.3. The highest BCUT2D eigenvalue weighted by Gasteiger charge is 2.17. The van der Waals surface area contributed by atoms with E-state index in [2.05, 4.69) is 31.4 Å². The summed E-state index contributed by atoms with van der Waals surface area (Å²) in [7, 11) is 0. The van der Waals surface area contributed by atoms with Gasteiger partial charge in [0, 0.05) is 11.6 Å². The topological polar surface area (TPSA) is 61.4 Å². The van der Waals surface area contributed by atoms with Crippen LogP contribution in [0, 0.1) is 0 Å². The molecule has 102 valence electrons. The van der Waals surface area contributed by atoms with Gasteiger partial charge < -0.3 is 15.7 Å². The van der Waals surface area contributed by atoms with Crippen LogP contribution in [0.1, 0.15) is 53.9 Å². The molecule has 0 amide bonds. The molecule has 4 nitrogen and oxygen atoms in total. The zero-order valence-electron chi connectivity index (χ0n) is 11.8. The number of carboxylic acid groups (broad SMARTS) is 1. The number of hydrogen-bond acceptors (Lipinski definition) is 3. The van der Waals surface area contributed by atoms with Gasteiger partial charge in [-0.15, -0.1) is 0 Å². The van der Waals surface area contributed by atoms with E-state index >= 15 is 0 Å². The number of nitrogens with one attached hydrogen (secondary N) is 2. The van der Waals surface area contributed by atoms with Crippen molar-refractivity contribution in [2.45, 2.75) is 71.5 Å². The van der Waals surface area contributed by atoms with Gasteiger partial charge in [-0.05, 0) is 40.2 Å². The van der Waals surface area contributed by atoms with Crippen molar-refractivity contribution < 1.29 is 9.90 Å². The quantitative estimate of drug-likeness (QED) is 0.572. The molecule has 3 N–H and O–H groups in total. The minimum Gasteiger partial charge on any atom is -0.480 e. The molecular formula is C13H28N2O2. The van der Waals surface area contributed by atoms with E-state index in [4.69, 9.17) is 5.11 Å². The summed E-state index contributed by atoms with van der Waals surface area (Å²) in [6.45, 7) is 11.3. The van der Waals surface area contributed by atoms with Gasteiger partial charge in [-0.2, -0.15) is 0 Å². The molecule has 4 heteroatoms. The highest BCUT2D eigenvalue weighted by molar-refractivity contribution is 5.73. The molecule has 0 saturated carbocycles. The molecule has 0 radical (unpaired) electrons. The molecule has 0 bridgehead atoms. The summed E-state index contributed by atoms with van der Waals surface area (Å²) >= 11 is 0. The van der Waals surface area contributed by atoms with Crippen molar-refractivity contribution in [2.24, 2.45) is 0 Å². The van der Waals surface area contributed by atoms with Gasteiger partial charge in [0.25, 0.3) is 0 Å². The minimum absolute atomic E-state index is 0.141. The van der Waals surface area contributed by atoms with E-state index in [0.29, 0.717) is 6.42 Å². The first kappa shape index (κ1) is 16.4. The Balaban J connectivity index is 3.72. The Hall–Kier alpha value is -0.610. The van der Waals surface area contributed by atoms with Crippen LogP contribution in [0.4, 0.5) is 0 Å². The summed E-state index contributed by atoms with van der Waals surface area (Å²) in [4.78, 5) is 11.0. The number of unbranched alkanes of at least 4 members (excludes halogenated alkanes) is 1. The fraction of sp³-hybridized carbons (Fsp3) is 0.923. The first-order valence-corrected chi connectivity index (χ1v) is 6.46. The molecular weight excluding hydrogens is 216 g/mol. The van der Waals surface area contributed by atoms with Crippen LogP contribution >= 0.6 is 0 Å². The van der Waals surface area contributed by atoms with E-state index in [9.17, 15) is 4.79 Å². The number of carbonyl (C=O) groups is 1. The van der Waals surface area contributed by atoms with Gasteiger partial charge in [-0.25, -0.2) is 0 Å². The van der Waals surface area contributed by atoms with Crippen LogP contribution in [-0.2, 0) is 4.79 Å². The smallest absolute Gasteiger partial charge is 0.320 e. The average Bonchev–Trinajstić information content (AvgIpc) is 2.12. The Morgan fingerprint density at radius 1 is 1.24 bits per heavy atom. The van der Waals surface area contributed by atoms with Crippen molar-refractivity contribution >= 4 is 5.97 Å². The SMILES string of the molecule is CC(C)N[C@H](CCCCNC(C)(C)C)C(=O)O. The van der Waals surface area contributed by atoms with E-state index in [1.54, 1.807) is 0 Å². The molecule has 17 heavy (non-hydrogen) atoms. The molecule has 1 atom stereocenters. The average molecular weight is 244 g/mol. The predicted molar refractivity (Wildman–Crippen MR) is 71.3 cm³/mol. The summed E-state index contributed by atoms with van der Waals surface area (Å²) in [5.41, 5.74) is 0.141. The predicted octanol–water partition coefficient (Wildman–Crippen LogP) is 2.00. The normalized spacial score (nSPS) is 14.0. The van der Waals surface area contributed by atoms with Crippen molar-refractivity contribution in [2.75, 3.05) is 6.54 Å². The van der Waals surface area contributed by atoms with E-state index < -0.39 is 12.0 Å². The lowest BCUT2D eigenvalue weighted by Gasteiger charge is -2.21. The third-order valence-electron chi connectivity index (χ3n) is 2.41. The zero-order valence-corrected chi connectivity index (χ0v) is 11.8. The van der Waals surface area contributed by atoms with Crippen molar-refractivity contribution in [1.82, 2.24) is 10.6 Å². The Morgan fingerprint density at radius 2 is 1.82 bits per heavy atom. The fourth-order valence-corrected chi connectivity index (χ4v) is 1.62. The Bertz CT molecular complexity index is 222. The van der Waals surface area contributed by atoms with E-state index in [1.165, 1.54) is 0 Å². The van der Waals surface area contributed by atoms with Gasteiger partial charge in [-0.1, -0.05) is 20.3 Å². The lowest BCUT2D eigenvalue weighted by molar-refractivity contribution is -0.139. The maximum atomic E-state index is 11.0. The largest absolute Gasteiger partial charge is 0.480 e. The highest BCUT2D eigenvalue weighted by atomic mass is 16.4. The van der Waals surface area contributed by atoms with E-state index in [0.717, 1.165) is 19.4 Å². The Labute approximate surface area is 105 Å². The molecule has 0 aliphatic carbocycles. The van der Waals surface area contributed by atoms with Crippen molar-refractivity contribution in [3.63, 3.8) is 0 Å². The van der Waals surface area contributed by atoms with E-state index in [-0.39, 0.29) is 11.6 Å². The van der Waals surface area contributed by atoms with E-state index in [1.807, 2.05) is 13.8 Å². The standard InChI is InChI=1S/C13H28N2O2/c1-10(2)15-11(12(16)17)8-6-7-9-14-13(3,4)5/h10-11,14-15H,6-9H2,1-5H3,(H,16,17)/t11-/m1/s1. The summed E-state index contributed by atoms with van der Waals surface area (Å²) in [6, 6.07) is -0.201. The zero-order chi connectivity index (χ0) is 13.5. The molecule has 0 fully saturated rings. The van der Waals surface area contributed by atoms with Gasteiger partial charge >= 0.3 is 5.97 Å². The molecule has 0 aliphatic rings. The molecule has 0 aromatic rings. The van der Waals surface area contributed by atoms with Gasteiger partial charge in [0.1, 0.15) is 6.04 Å². The van der Waals surface area contributed by atoms with Crippen molar-refractivity contribution in [1.29, 1.82) is 0 Å². The molecule has 0 aliphatic heterocycles. The molecule has 0 heterocycles. The van der Waals surface area contributed by atoms with Crippen LogP contribution in [0.25, 0.3) is 0 Å². The first-order chi connectivity index (χ1) is 7.72. The summed E-state index contributed by atoms with van der Waals surface area (Å²) < 4.78 is 0. The van der Waals surface area contributed by atoms with Crippen LogP contribution in [0.5, 0.6) is 0 Å². The second-order valence-corrected chi connectivity index (χ2v) is 5.88. The summed E-state index contributed by atoms with van der Waals surface area (Å²) in [5, 5.41) is 15.5. The lowest BCUT2D eigenvalue weighted by Crippen LogP contribution is -2.41. The minimum atomic E-state index is -0.748. The van der Waals surface area contributed by atoms with Crippen LogP contribution < -0.4 is 10.6 Å². The number of hydrogen-bond donors (Lipinski definition) is 3. The van der Waals surface area contributed by atoms with Gasteiger partial charge in [0.05, 0.1) is 0 Å². The van der Waals surface area contributed by atoms with Crippen LogP contribution in [0.15, 0.2) is 0 Å². The number of aliphatic carboxylic acids is 1. The van der Waals surface area contributed by atoms with Gasteiger partial charge in [0.2, 0.25) is 0 Å². The molecule has 0 rings (SSSR count). The molecule has 0 unspecified atom stereocenters. The monoisotopic (exact) mass is 244 g/mol. The molecule has 0 aromatic heterocycles. The summed E-state index contributed by atoms with van der Waals surface area (Å²) in [5.74, 6) is -0.748. The fourth-order valence-electron chi connectivity index (χ4n) is 1.62. The molecule has 0 spiro atoms. The second kappa shape index (κ2) is 7.67.